The van der Waals surface area contributed by atoms with E-state index in [9.17, 15) is 28.0 Å². The van der Waals surface area contributed by atoms with Crippen LogP contribution in [0.5, 0.6) is 0 Å². The van der Waals surface area contributed by atoms with E-state index in [1.54, 1.807) is 6.08 Å². The van der Waals surface area contributed by atoms with Crippen LogP contribution in [0, 0.1) is 0 Å². The van der Waals surface area contributed by atoms with Gasteiger partial charge >= 0.3 is 0 Å². The van der Waals surface area contributed by atoms with Crippen molar-refractivity contribution in [1.82, 2.24) is 5.32 Å². The number of hydrogen-bond acceptors (Lipinski definition) is 5. The first-order valence-electron chi connectivity index (χ1n) is 20.8. The largest absolute Gasteiger partial charge is 0.387 e. The van der Waals surface area contributed by atoms with Crippen molar-refractivity contribution < 1.29 is 28.0 Å². The Labute approximate surface area is 309 Å². The van der Waals surface area contributed by atoms with E-state index in [1.807, 2.05) is 0 Å². The van der Waals surface area contributed by atoms with Crippen LogP contribution >= 0.6 is 0 Å². The molecule has 0 aliphatic carbocycles. The lowest BCUT2D eigenvalue weighted by molar-refractivity contribution is -0.130. The topological polar surface area (TPSA) is 124 Å². The van der Waals surface area contributed by atoms with Crippen LogP contribution in [-0.2, 0) is 14.9 Å². The van der Waals surface area contributed by atoms with Gasteiger partial charge in [0.15, 0.2) is 0 Å². The van der Waals surface area contributed by atoms with Crippen LogP contribution in [0.25, 0.3) is 0 Å². The second-order valence-electron chi connectivity index (χ2n) is 14.4. The maximum atomic E-state index is 12.6. The SMILES string of the molecule is CCCCCCCCCC/C=C\CCCCCCCCC(O)C(=O)NC(CS(=O)(=O)O)C(O)/C=C/CC/C=C/CCCCCCCCCCC. The first kappa shape index (κ1) is 48.5. The monoisotopic (exact) mass is 726 g/mol. The molecule has 1 amide bonds. The lowest BCUT2D eigenvalue weighted by atomic mass is 10.0. The normalized spacial score (nSPS) is 14.3. The highest BCUT2D eigenvalue weighted by Crippen LogP contribution is 2.14. The second-order valence-corrected chi connectivity index (χ2v) is 15.9. The lowest BCUT2D eigenvalue weighted by Gasteiger charge is -2.22. The lowest BCUT2D eigenvalue weighted by Crippen LogP contribution is -2.50. The Balaban J connectivity index is 4.08. The van der Waals surface area contributed by atoms with Crippen LogP contribution in [0.2, 0.25) is 0 Å². The number of allylic oxidation sites excluding steroid dienone is 5. The van der Waals surface area contributed by atoms with Gasteiger partial charge in [-0.25, -0.2) is 0 Å². The number of amides is 1. The van der Waals surface area contributed by atoms with E-state index in [0.29, 0.717) is 12.8 Å². The molecular formula is C42H79NO6S. The summed E-state index contributed by atoms with van der Waals surface area (Å²) in [6.07, 6.45) is 43.4. The maximum Gasteiger partial charge on any atom is 0.267 e. The molecule has 0 radical (unpaired) electrons. The van der Waals surface area contributed by atoms with Gasteiger partial charge in [0.1, 0.15) is 6.10 Å². The number of carbonyl (C=O) groups excluding carboxylic acids is 1. The quantitative estimate of drug-likeness (QED) is 0.0287. The molecule has 0 aromatic carbocycles. The summed E-state index contributed by atoms with van der Waals surface area (Å²) in [6, 6.07) is -1.25. The van der Waals surface area contributed by atoms with E-state index in [1.165, 1.54) is 134 Å². The van der Waals surface area contributed by atoms with E-state index in [2.05, 4.69) is 43.5 Å². The van der Waals surface area contributed by atoms with Crippen molar-refractivity contribution in [2.75, 3.05) is 5.75 Å². The van der Waals surface area contributed by atoms with Crippen LogP contribution in [0.1, 0.15) is 200 Å². The minimum Gasteiger partial charge on any atom is -0.387 e. The molecule has 0 aromatic rings. The molecule has 0 fully saturated rings. The highest BCUT2D eigenvalue weighted by Gasteiger charge is 2.27. The molecule has 0 heterocycles. The zero-order chi connectivity index (χ0) is 37.0. The Kier molecular flexibility index (Phi) is 34.8. The van der Waals surface area contributed by atoms with E-state index < -0.39 is 40.0 Å². The Hall–Kier alpha value is -1.48. The number of unbranched alkanes of at least 4 members (excludes halogenated alkanes) is 24. The summed E-state index contributed by atoms with van der Waals surface area (Å²) < 4.78 is 32.5. The zero-order valence-corrected chi connectivity index (χ0v) is 33.2. The Morgan fingerprint density at radius 2 is 0.900 bits per heavy atom. The molecule has 0 aliphatic heterocycles. The predicted molar refractivity (Wildman–Crippen MR) is 213 cm³/mol. The van der Waals surface area contributed by atoms with Gasteiger partial charge in [-0.15, -0.1) is 0 Å². The molecule has 0 rings (SSSR count). The molecule has 3 atom stereocenters. The van der Waals surface area contributed by atoms with Crippen LogP contribution < -0.4 is 5.32 Å². The molecule has 0 aromatic heterocycles. The highest BCUT2D eigenvalue weighted by atomic mass is 32.2. The number of carbonyl (C=O) groups is 1. The fourth-order valence-electron chi connectivity index (χ4n) is 6.17. The van der Waals surface area contributed by atoms with Crippen LogP contribution in [0.4, 0.5) is 0 Å². The zero-order valence-electron chi connectivity index (χ0n) is 32.4. The van der Waals surface area contributed by atoms with Crippen molar-refractivity contribution in [2.24, 2.45) is 0 Å². The second kappa shape index (κ2) is 35.9. The molecule has 0 saturated carbocycles. The number of rotatable bonds is 37. The molecule has 0 bridgehead atoms. The van der Waals surface area contributed by atoms with Gasteiger partial charge in [0, 0.05) is 0 Å². The minimum atomic E-state index is -4.45. The van der Waals surface area contributed by atoms with Crippen molar-refractivity contribution in [3.63, 3.8) is 0 Å². The number of aliphatic hydroxyl groups excluding tert-OH is 2. The first-order valence-corrected chi connectivity index (χ1v) is 22.4. The van der Waals surface area contributed by atoms with E-state index in [0.717, 1.165) is 38.5 Å². The number of aliphatic hydroxyl groups is 2. The van der Waals surface area contributed by atoms with Crippen LogP contribution in [0.3, 0.4) is 0 Å². The third-order valence-corrected chi connectivity index (χ3v) is 10.2. The predicted octanol–water partition coefficient (Wildman–Crippen LogP) is 11.1. The third-order valence-electron chi connectivity index (χ3n) is 9.40. The third kappa shape index (κ3) is 34.9. The Morgan fingerprint density at radius 1 is 0.540 bits per heavy atom. The van der Waals surface area contributed by atoms with Gasteiger partial charge in [0.25, 0.3) is 10.1 Å². The van der Waals surface area contributed by atoms with E-state index in [-0.39, 0.29) is 6.42 Å². The molecular weight excluding hydrogens is 647 g/mol. The fourth-order valence-corrected chi connectivity index (χ4v) is 6.91. The number of nitrogens with one attached hydrogen (secondary N) is 1. The summed E-state index contributed by atoms with van der Waals surface area (Å²) in [4.78, 5) is 12.6. The van der Waals surface area contributed by atoms with Crippen molar-refractivity contribution in [1.29, 1.82) is 0 Å². The van der Waals surface area contributed by atoms with Gasteiger partial charge in [-0.3, -0.25) is 9.35 Å². The van der Waals surface area contributed by atoms with Gasteiger partial charge in [0.2, 0.25) is 5.91 Å². The van der Waals surface area contributed by atoms with Crippen molar-refractivity contribution in [2.45, 2.75) is 218 Å². The molecule has 4 N–H and O–H groups in total. The average Bonchev–Trinajstić information content (AvgIpc) is 3.08. The standard InChI is InChI=1S/C42H79NO6S/c1-3-5-7-9-11-13-15-17-19-20-21-23-25-27-29-31-33-35-37-41(45)42(46)43-39(38-50(47,48)49)40(44)36-34-32-30-28-26-24-22-18-16-14-12-10-8-6-4-2/h20-21,26,28,34,36,39-41,44-45H,3-19,22-25,27,29-33,35,37-38H2,1-2H3,(H,43,46)(H,47,48,49)/b21-20-,28-26+,36-34+. The molecule has 0 spiro atoms. The molecule has 7 nitrogen and oxygen atoms in total. The Morgan fingerprint density at radius 3 is 1.32 bits per heavy atom. The summed E-state index contributed by atoms with van der Waals surface area (Å²) >= 11 is 0. The smallest absolute Gasteiger partial charge is 0.267 e. The maximum absolute atomic E-state index is 12.6. The summed E-state index contributed by atoms with van der Waals surface area (Å²) in [5.74, 6) is -1.56. The average molecular weight is 726 g/mol. The van der Waals surface area contributed by atoms with Crippen molar-refractivity contribution in [3.8, 4) is 0 Å². The number of hydrogen-bond donors (Lipinski definition) is 4. The molecule has 0 aliphatic rings. The fraction of sp³-hybridized carbons (Fsp3) is 0.833. The summed E-state index contributed by atoms with van der Waals surface area (Å²) in [6.45, 7) is 4.50. The first-order chi connectivity index (χ1) is 24.2. The van der Waals surface area contributed by atoms with Crippen molar-refractivity contribution in [3.05, 3.63) is 36.5 Å². The molecule has 0 saturated heterocycles. The van der Waals surface area contributed by atoms with Crippen molar-refractivity contribution >= 4 is 16.0 Å². The highest BCUT2D eigenvalue weighted by molar-refractivity contribution is 7.85. The van der Waals surface area contributed by atoms with Gasteiger partial charge in [-0.05, 0) is 57.8 Å². The van der Waals surface area contributed by atoms with E-state index in [4.69, 9.17) is 0 Å². The molecule has 8 heteroatoms. The van der Waals surface area contributed by atoms with Gasteiger partial charge in [0.05, 0.1) is 17.9 Å². The van der Waals surface area contributed by atoms with Gasteiger partial charge < -0.3 is 15.5 Å². The summed E-state index contributed by atoms with van der Waals surface area (Å²) in [7, 11) is -4.45. The summed E-state index contributed by atoms with van der Waals surface area (Å²) in [5.41, 5.74) is 0. The Bertz CT molecular complexity index is 948. The summed E-state index contributed by atoms with van der Waals surface area (Å²) in [5, 5.41) is 23.4. The minimum absolute atomic E-state index is 0.267. The van der Waals surface area contributed by atoms with Crippen LogP contribution in [0.15, 0.2) is 36.5 Å². The molecule has 3 unspecified atom stereocenters. The molecule has 294 valence electrons. The van der Waals surface area contributed by atoms with Gasteiger partial charge in [-0.1, -0.05) is 179 Å². The van der Waals surface area contributed by atoms with Crippen LogP contribution in [-0.4, -0.2) is 53.1 Å². The van der Waals surface area contributed by atoms with Gasteiger partial charge in [-0.2, -0.15) is 8.42 Å². The van der Waals surface area contributed by atoms with E-state index >= 15 is 0 Å². The molecule has 50 heavy (non-hydrogen) atoms.